The van der Waals surface area contributed by atoms with E-state index in [1.54, 1.807) is 11.8 Å². The van der Waals surface area contributed by atoms with E-state index in [4.69, 9.17) is 11.6 Å². The van der Waals surface area contributed by atoms with E-state index in [9.17, 15) is 5.11 Å². The number of nitrogens with one attached hydrogen (secondary N) is 1. The van der Waals surface area contributed by atoms with Crippen LogP contribution in [0.15, 0.2) is 23.1 Å². The van der Waals surface area contributed by atoms with Crippen molar-refractivity contribution < 1.29 is 5.11 Å². The zero-order valence-electron chi connectivity index (χ0n) is 7.83. The zero-order valence-corrected chi connectivity index (χ0v) is 9.40. The molecular weight excluding hydrogens is 218 g/mol. The molecule has 76 valence electrons. The molecule has 2 unspecified atom stereocenters. The molecule has 0 fully saturated rings. The first kappa shape index (κ1) is 10.3. The van der Waals surface area contributed by atoms with Crippen LogP contribution >= 0.6 is 23.4 Å². The molecule has 14 heavy (non-hydrogen) atoms. The van der Waals surface area contributed by atoms with Crippen LogP contribution in [-0.4, -0.2) is 23.9 Å². The van der Waals surface area contributed by atoms with E-state index in [-0.39, 0.29) is 6.04 Å². The van der Waals surface area contributed by atoms with Crippen molar-refractivity contribution in [2.24, 2.45) is 0 Å². The molecule has 0 saturated carbocycles. The van der Waals surface area contributed by atoms with Gasteiger partial charge >= 0.3 is 0 Å². The number of aliphatic hydroxyl groups is 1. The summed E-state index contributed by atoms with van der Waals surface area (Å²) >= 11 is 7.74. The van der Waals surface area contributed by atoms with Crippen LogP contribution in [0.3, 0.4) is 0 Å². The summed E-state index contributed by atoms with van der Waals surface area (Å²) < 4.78 is 0. The fraction of sp³-hybridized carbons (Fsp3) is 0.400. The molecule has 2 atom stereocenters. The van der Waals surface area contributed by atoms with E-state index in [1.165, 1.54) is 0 Å². The van der Waals surface area contributed by atoms with Crippen molar-refractivity contribution in [2.45, 2.75) is 17.0 Å². The minimum absolute atomic E-state index is 0.117. The second-order valence-corrected chi connectivity index (χ2v) is 4.75. The van der Waals surface area contributed by atoms with Gasteiger partial charge in [0.25, 0.3) is 0 Å². The number of fused-ring (bicyclic) bond motifs is 1. The molecule has 0 aromatic heterocycles. The lowest BCUT2D eigenvalue weighted by molar-refractivity contribution is 0.137. The van der Waals surface area contributed by atoms with Crippen molar-refractivity contribution >= 4 is 23.4 Å². The van der Waals surface area contributed by atoms with Crippen molar-refractivity contribution in [3.63, 3.8) is 0 Å². The Morgan fingerprint density at radius 1 is 1.57 bits per heavy atom. The Hall–Kier alpha value is -0.220. The van der Waals surface area contributed by atoms with Crippen LogP contribution in [0.1, 0.15) is 11.7 Å². The lowest BCUT2D eigenvalue weighted by Gasteiger charge is -2.29. The molecule has 1 aliphatic heterocycles. The molecule has 0 saturated heterocycles. The van der Waals surface area contributed by atoms with Gasteiger partial charge in [0.15, 0.2) is 0 Å². The van der Waals surface area contributed by atoms with E-state index >= 15 is 0 Å². The molecule has 2 nitrogen and oxygen atoms in total. The lowest BCUT2D eigenvalue weighted by atomic mass is 10.0. The molecule has 4 heteroatoms. The minimum atomic E-state index is -0.449. The lowest BCUT2D eigenvalue weighted by Crippen LogP contribution is -2.36. The third-order valence-corrected chi connectivity index (χ3v) is 4.17. The highest BCUT2D eigenvalue weighted by molar-refractivity contribution is 7.99. The van der Waals surface area contributed by atoms with Crippen LogP contribution < -0.4 is 5.32 Å². The van der Waals surface area contributed by atoms with Crippen molar-refractivity contribution in [1.29, 1.82) is 0 Å². The van der Waals surface area contributed by atoms with Gasteiger partial charge in [-0.15, -0.1) is 11.8 Å². The Morgan fingerprint density at radius 2 is 2.36 bits per heavy atom. The molecule has 1 heterocycles. The molecule has 0 spiro atoms. The highest BCUT2D eigenvalue weighted by Crippen LogP contribution is 2.40. The number of rotatable bonds is 1. The van der Waals surface area contributed by atoms with Crippen molar-refractivity contribution in [3.05, 3.63) is 28.8 Å². The van der Waals surface area contributed by atoms with Crippen LogP contribution in [0, 0.1) is 0 Å². The Labute approximate surface area is 92.7 Å². The van der Waals surface area contributed by atoms with Gasteiger partial charge < -0.3 is 10.4 Å². The maximum Gasteiger partial charge on any atom is 0.0962 e. The first-order valence-electron chi connectivity index (χ1n) is 4.50. The summed E-state index contributed by atoms with van der Waals surface area (Å²) in [4.78, 5) is 1.02. The molecule has 0 bridgehead atoms. The number of thioether (sulfide) groups is 1. The Kier molecular flexibility index (Phi) is 3.02. The Bertz CT molecular complexity index is 345. The summed E-state index contributed by atoms with van der Waals surface area (Å²) in [5, 5.41) is 13.8. The second kappa shape index (κ2) is 4.11. The summed E-state index contributed by atoms with van der Waals surface area (Å²) in [6.45, 7) is 0. The van der Waals surface area contributed by atoms with Gasteiger partial charge in [0, 0.05) is 16.7 Å². The van der Waals surface area contributed by atoms with Crippen molar-refractivity contribution in [2.75, 3.05) is 12.8 Å². The largest absolute Gasteiger partial charge is 0.387 e. The first-order valence-corrected chi connectivity index (χ1v) is 5.87. The summed E-state index contributed by atoms with van der Waals surface area (Å²) in [5.41, 5.74) is 0.938. The smallest absolute Gasteiger partial charge is 0.0962 e. The normalized spacial score (nSPS) is 25.9. The van der Waals surface area contributed by atoms with Crippen molar-refractivity contribution in [3.8, 4) is 0 Å². The van der Waals surface area contributed by atoms with Gasteiger partial charge in [-0.1, -0.05) is 23.7 Å². The SMILES string of the molecule is CNC1CSc2c(Cl)cccc2C1O. The van der Waals surface area contributed by atoms with Gasteiger partial charge in [0.2, 0.25) is 0 Å². The number of hydrogen-bond donors (Lipinski definition) is 2. The van der Waals surface area contributed by atoms with Gasteiger partial charge in [0.05, 0.1) is 11.1 Å². The van der Waals surface area contributed by atoms with E-state index < -0.39 is 6.10 Å². The maximum atomic E-state index is 10.0. The number of halogens is 1. The predicted molar refractivity (Wildman–Crippen MR) is 60.0 cm³/mol. The topological polar surface area (TPSA) is 32.3 Å². The molecule has 2 rings (SSSR count). The molecular formula is C10H12ClNOS. The summed E-state index contributed by atoms with van der Waals surface area (Å²) in [6.07, 6.45) is -0.449. The standard InChI is InChI=1S/C10H12ClNOS/c1-12-8-5-14-10-6(9(8)13)3-2-4-7(10)11/h2-4,8-9,12-13H,5H2,1H3. The van der Waals surface area contributed by atoms with E-state index in [2.05, 4.69) is 5.32 Å². The number of hydrogen-bond acceptors (Lipinski definition) is 3. The van der Waals surface area contributed by atoms with Gasteiger partial charge in [0.1, 0.15) is 0 Å². The van der Waals surface area contributed by atoms with Crippen LogP contribution in [0.4, 0.5) is 0 Å². The molecule has 0 aliphatic carbocycles. The minimum Gasteiger partial charge on any atom is -0.387 e. The highest BCUT2D eigenvalue weighted by atomic mass is 35.5. The Morgan fingerprint density at radius 3 is 3.07 bits per heavy atom. The number of benzene rings is 1. The molecule has 1 aliphatic rings. The van der Waals surface area contributed by atoms with Crippen LogP contribution in [0.5, 0.6) is 0 Å². The van der Waals surface area contributed by atoms with Gasteiger partial charge in [-0.25, -0.2) is 0 Å². The van der Waals surface area contributed by atoms with E-state index in [1.807, 2.05) is 25.2 Å². The van der Waals surface area contributed by atoms with Gasteiger partial charge in [-0.05, 0) is 18.7 Å². The molecule has 0 amide bonds. The average molecular weight is 230 g/mol. The predicted octanol–water partition coefficient (Wildman–Crippen LogP) is 2.07. The maximum absolute atomic E-state index is 10.0. The fourth-order valence-electron chi connectivity index (χ4n) is 1.63. The Balaban J connectivity index is 2.41. The fourth-order valence-corrected chi connectivity index (χ4v) is 3.23. The van der Waals surface area contributed by atoms with Crippen LogP contribution in [-0.2, 0) is 0 Å². The van der Waals surface area contributed by atoms with Crippen molar-refractivity contribution in [1.82, 2.24) is 5.32 Å². The van der Waals surface area contributed by atoms with E-state index in [0.717, 1.165) is 21.2 Å². The third kappa shape index (κ3) is 1.65. The van der Waals surface area contributed by atoms with Gasteiger partial charge in [-0.2, -0.15) is 0 Å². The van der Waals surface area contributed by atoms with E-state index in [0.29, 0.717) is 0 Å². The monoisotopic (exact) mass is 229 g/mol. The number of likely N-dealkylation sites (N-methyl/N-ethyl adjacent to an activating group) is 1. The molecule has 2 N–H and O–H groups in total. The molecule has 1 aromatic rings. The number of aliphatic hydroxyl groups excluding tert-OH is 1. The third-order valence-electron chi connectivity index (χ3n) is 2.48. The zero-order chi connectivity index (χ0) is 10.1. The second-order valence-electron chi connectivity index (χ2n) is 3.31. The molecule has 0 radical (unpaired) electrons. The average Bonchev–Trinajstić information content (AvgIpc) is 2.20. The summed E-state index contributed by atoms with van der Waals surface area (Å²) in [5.74, 6) is 0.856. The highest BCUT2D eigenvalue weighted by Gasteiger charge is 2.28. The van der Waals surface area contributed by atoms with Crippen LogP contribution in [0.25, 0.3) is 0 Å². The summed E-state index contributed by atoms with van der Waals surface area (Å²) in [7, 11) is 1.87. The molecule has 1 aromatic carbocycles. The quantitative estimate of drug-likeness (QED) is 0.774. The summed E-state index contributed by atoms with van der Waals surface area (Å²) in [6, 6.07) is 5.79. The van der Waals surface area contributed by atoms with Gasteiger partial charge in [-0.3, -0.25) is 0 Å². The first-order chi connectivity index (χ1) is 6.74. The van der Waals surface area contributed by atoms with Crippen LogP contribution in [0.2, 0.25) is 5.02 Å².